The van der Waals surface area contributed by atoms with E-state index in [1.54, 1.807) is 0 Å². The molecule has 2 unspecified atom stereocenters. The van der Waals surface area contributed by atoms with E-state index in [0.717, 1.165) is 0 Å². The van der Waals surface area contributed by atoms with Crippen LogP contribution in [0.15, 0.2) is 12.2 Å². The minimum absolute atomic E-state index is 0.207. The third kappa shape index (κ3) is 5.16. The molecule has 3 atom stereocenters. The predicted octanol–water partition coefficient (Wildman–Crippen LogP) is 0.182. The number of amides is 1. The van der Waals surface area contributed by atoms with E-state index in [-0.39, 0.29) is 18.6 Å². The summed E-state index contributed by atoms with van der Waals surface area (Å²) in [4.78, 5) is 11.9. The zero-order valence-corrected chi connectivity index (χ0v) is 11.1. The molecule has 0 saturated carbocycles. The van der Waals surface area contributed by atoms with Crippen molar-refractivity contribution < 1.29 is 14.6 Å². The van der Waals surface area contributed by atoms with E-state index in [9.17, 15) is 9.90 Å². The summed E-state index contributed by atoms with van der Waals surface area (Å²) in [6.07, 6.45) is 4.34. The van der Waals surface area contributed by atoms with Crippen molar-refractivity contribution in [3.05, 3.63) is 12.2 Å². The molecule has 0 bridgehead atoms. The van der Waals surface area contributed by atoms with Gasteiger partial charge in [-0.05, 0) is 18.8 Å². The van der Waals surface area contributed by atoms with Gasteiger partial charge in [0, 0.05) is 0 Å². The Morgan fingerprint density at radius 2 is 2.28 bits per heavy atom. The SMILES string of the molecule is CC(C)C[C@H](N)C(=O)NC1CC=CCOCC1O. The molecule has 0 fully saturated rings. The first-order valence-corrected chi connectivity index (χ1v) is 6.47. The summed E-state index contributed by atoms with van der Waals surface area (Å²) < 4.78 is 5.20. The smallest absolute Gasteiger partial charge is 0.237 e. The fourth-order valence-corrected chi connectivity index (χ4v) is 1.90. The molecule has 18 heavy (non-hydrogen) atoms. The van der Waals surface area contributed by atoms with Crippen LogP contribution in [0.5, 0.6) is 0 Å². The summed E-state index contributed by atoms with van der Waals surface area (Å²) in [5.74, 6) is 0.165. The Morgan fingerprint density at radius 3 is 2.94 bits per heavy atom. The Balaban J connectivity index is 2.50. The van der Waals surface area contributed by atoms with E-state index < -0.39 is 12.1 Å². The molecule has 1 heterocycles. The second kappa shape index (κ2) is 7.51. The first-order valence-electron chi connectivity index (χ1n) is 6.47. The van der Waals surface area contributed by atoms with Gasteiger partial charge >= 0.3 is 0 Å². The number of carbonyl (C=O) groups is 1. The van der Waals surface area contributed by atoms with Crippen LogP contribution in [0.3, 0.4) is 0 Å². The van der Waals surface area contributed by atoms with Crippen molar-refractivity contribution in [3.63, 3.8) is 0 Å². The van der Waals surface area contributed by atoms with Crippen LogP contribution in [0.25, 0.3) is 0 Å². The summed E-state index contributed by atoms with van der Waals surface area (Å²) in [7, 11) is 0. The van der Waals surface area contributed by atoms with Crippen LogP contribution in [-0.4, -0.2) is 42.4 Å². The van der Waals surface area contributed by atoms with Crippen molar-refractivity contribution in [1.29, 1.82) is 0 Å². The van der Waals surface area contributed by atoms with Crippen molar-refractivity contribution in [3.8, 4) is 0 Å². The molecule has 1 amide bonds. The second-order valence-electron chi connectivity index (χ2n) is 5.16. The van der Waals surface area contributed by atoms with Gasteiger partial charge in [0.1, 0.15) is 0 Å². The highest BCUT2D eigenvalue weighted by atomic mass is 16.5. The highest BCUT2D eigenvalue weighted by molar-refractivity contribution is 5.81. The lowest BCUT2D eigenvalue weighted by atomic mass is 10.0. The van der Waals surface area contributed by atoms with E-state index in [0.29, 0.717) is 25.4 Å². The topological polar surface area (TPSA) is 84.6 Å². The number of aliphatic hydroxyl groups is 1. The maximum atomic E-state index is 11.9. The van der Waals surface area contributed by atoms with Crippen LogP contribution in [0.2, 0.25) is 0 Å². The number of ether oxygens (including phenoxy) is 1. The van der Waals surface area contributed by atoms with E-state index >= 15 is 0 Å². The van der Waals surface area contributed by atoms with Gasteiger partial charge in [-0.2, -0.15) is 0 Å². The molecule has 1 rings (SSSR count). The van der Waals surface area contributed by atoms with Crippen LogP contribution in [0, 0.1) is 5.92 Å². The van der Waals surface area contributed by atoms with Gasteiger partial charge in [-0.1, -0.05) is 26.0 Å². The molecular weight excluding hydrogens is 232 g/mol. The molecule has 0 radical (unpaired) electrons. The minimum atomic E-state index is -0.690. The predicted molar refractivity (Wildman–Crippen MR) is 69.9 cm³/mol. The zero-order chi connectivity index (χ0) is 13.5. The monoisotopic (exact) mass is 256 g/mol. The van der Waals surface area contributed by atoms with Crippen LogP contribution in [0.1, 0.15) is 26.7 Å². The first kappa shape index (κ1) is 15.1. The molecule has 0 spiro atoms. The number of carbonyl (C=O) groups excluding carboxylic acids is 1. The average molecular weight is 256 g/mol. The Bertz CT molecular complexity index is 292. The quantitative estimate of drug-likeness (QED) is 0.627. The summed E-state index contributed by atoms with van der Waals surface area (Å²) in [5, 5.41) is 12.7. The van der Waals surface area contributed by atoms with Gasteiger partial charge in [0.05, 0.1) is 31.4 Å². The molecule has 0 saturated heterocycles. The molecule has 4 N–H and O–H groups in total. The molecule has 1 aliphatic rings. The third-order valence-corrected chi connectivity index (χ3v) is 2.91. The lowest BCUT2D eigenvalue weighted by molar-refractivity contribution is -0.124. The van der Waals surface area contributed by atoms with Crippen molar-refractivity contribution in [2.24, 2.45) is 11.7 Å². The van der Waals surface area contributed by atoms with E-state index in [1.165, 1.54) is 0 Å². The third-order valence-electron chi connectivity index (χ3n) is 2.91. The number of hydrogen-bond acceptors (Lipinski definition) is 4. The van der Waals surface area contributed by atoms with Gasteiger partial charge in [0.15, 0.2) is 0 Å². The molecule has 5 nitrogen and oxygen atoms in total. The molecule has 5 heteroatoms. The molecule has 0 aromatic carbocycles. The van der Waals surface area contributed by atoms with Crippen molar-refractivity contribution >= 4 is 5.91 Å². The van der Waals surface area contributed by atoms with Gasteiger partial charge in [-0.25, -0.2) is 0 Å². The van der Waals surface area contributed by atoms with Crippen molar-refractivity contribution in [2.45, 2.75) is 44.9 Å². The van der Waals surface area contributed by atoms with Crippen molar-refractivity contribution in [2.75, 3.05) is 13.2 Å². The van der Waals surface area contributed by atoms with Gasteiger partial charge in [0.2, 0.25) is 5.91 Å². The largest absolute Gasteiger partial charge is 0.389 e. The summed E-state index contributed by atoms with van der Waals surface area (Å²) >= 11 is 0. The van der Waals surface area contributed by atoms with Gasteiger partial charge in [-0.15, -0.1) is 0 Å². The van der Waals surface area contributed by atoms with Crippen LogP contribution >= 0.6 is 0 Å². The highest BCUT2D eigenvalue weighted by Crippen LogP contribution is 2.07. The van der Waals surface area contributed by atoms with Gasteiger partial charge < -0.3 is 20.9 Å². The van der Waals surface area contributed by atoms with Crippen LogP contribution < -0.4 is 11.1 Å². The summed E-state index contributed by atoms with van der Waals surface area (Å²) in [6.45, 7) is 4.78. The number of rotatable bonds is 4. The molecule has 104 valence electrons. The lowest BCUT2D eigenvalue weighted by Crippen LogP contribution is -2.51. The molecular formula is C13H24N2O3. The fraction of sp³-hybridized carbons (Fsp3) is 0.769. The van der Waals surface area contributed by atoms with E-state index in [4.69, 9.17) is 10.5 Å². The number of aliphatic hydroxyl groups excluding tert-OH is 1. The zero-order valence-electron chi connectivity index (χ0n) is 11.1. The fourth-order valence-electron chi connectivity index (χ4n) is 1.90. The Labute approximate surface area is 108 Å². The Kier molecular flexibility index (Phi) is 6.32. The summed E-state index contributed by atoms with van der Waals surface area (Å²) in [5.41, 5.74) is 5.81. The number of nitrogens with two attached hydrogens (primary N) is 1. The minimum Gasteiger partial charge on any atom is -0.389 e. The van der Waals surface area contributed by atoms with Gasteiger partial charge in [0.25, 0.3) is 0 Å². The standard InChI is InChI=1S/C13H24N2O3/c1-9(2)7-10(14)13(17)15-11-5-3-4-6-18-8-12(11)16/h3-4,9-12,16H,5-8,14H2,1-2H3,(H,15,17)/t10-,11?,12?/m0/s1. The highest BCUT2D eigenvalue weighted by Gasteiger charge is 2.24. The number of nitrogens with one attached hydrogen (secondary N) is 1. The maximum Gasteiger partial charge on any atom is 0.237 e. The second-order valence-corrected chi connectivity index (χ2v) is 5.16. The Hall–Kier alpha value is -0.910. The summed E-state index contributed by atoms with van der Waals surface area (Å²) in [6, 6.07) is -0.847. The lowest BCUT2D eigenvalue weighted by Gasteiger charge is -2.26. The molecule has 1 aliphatic heterocycles. The van der Waals surface area contributed by atoms with E-state index in [2.05, 4.69) is 5.32 Å². The van der Waals surface area contributed by atoms with Crippen LogP contribution in [0.4, 0.5) is 0 Å². The van der Waals surface area contributed by atoms with Crippen molar-refractivity contribution in [1.82, 2.24) is 5.32 Å². The maximum absolute atomic E-state index is 11.9. The molecule has 0 aromatic heterocycles. The molecule has 0 aromatic rings. The number of hydrogen-bond donors (Lipinski definition) is 3. The normalized spacial score (nSPS) is 26.5. The first-order chi connectivity index (χ1) is 8.50. The van der Waals surface area contributed by atoms with E-state index in [1.807, 2.05) is 26.0 Å². The average Bonchev–Trinajstić information content (AvgIpc) is 2.27. The van der Waals surface area contributed by atoms with Crippen LogP contribution in [-0.2, 0) is 9.53 Å². The van der Waals surface area contributed by atoms with Gasteiger partial charge in [-0.3, -0.25) is 4.79 Å². The Morgan fingerprint density at radius 1 is 1.56 bits per heavy atom. The molecule has 0 aliphatic carbocycles.